The summed E-state index contributed by atoms with van der Waals surface area (Å²) < 4.78 is 15.7. The van der Waals surface area contributed by atoms with E-state index in [1.807, 2.05) is 32.9 Å². The molecule has 2 fully saturated rings. The highest BCUT2D eigenvalue weighted by atomic mass is 35.5. The molecular weight excluding hydrogens is 847 g/mol. The Kier molecular flexibility index (Phi) is 19.4. The number of nitrogens with two attached hydrogens (primary N) is 1. The summed E-state index contributed by atoms with van der Waals surface area (Å²) in [5.74, 6) is 3.95. The van der Waals surface area contributed by atoms with Crippen LogP contribution >= 0.6 is 23.2 Å². The minimum atomic E-state index is -0.546. The van der Waals surface area contributed by atoms with Gasteiger partial charge in [0, 0.05) is 49.6 Å². The molecule has 2 heterocycles. The van der Waals surface area contributed by atoms with Crippen LogP contribution in [0.1, 0.15) is 97.8 Å². The molecule has 0 radical (unpaired) electrons. The molecule has 2 aromatic heterocycles. The van der Waals surface area contributed by atoms with E-state index < -0.39 is 11.7 Å². The Balaban J connectivity index is 0.000000243. The van der Waals surface area contributed by atoms with Crippen molar-refractivity contribution < 1.29 is 19.0 Å². The fourth-order valence-electron chi connectivity index (χ4n) is 6.95. The Morgan fingerprint density at radius 3 is 1.43 bits per heavy atom. The van der Waals surface area contributed by atoms with Crippen LogP contribution in [-0.2, 0) is 4.74 Å². The molecule has 0 spiro atoms. The molecule has 0 aliphatic heterocycles. The molecule has 2 aromatic carbocycles. The van der Waals surface area contributed by atoms with Gasteiger partial charge in [0.05, 0.1) is 24.3 Å². The van der Waals surface area contributed by atoms with Gasteiger partial charge in [-0.2, -0.15) is 29.9 Å². The van der Waals surface area contributed by atoms with Gasteiger partial charge >= 0.3 is 6.09 Å². The maximum Gasteiger partial charge on any atom is 0.407 e. The largest absolute Gasteiger partial charge is 0.495 e. The van der Waals surface area contributed by atoms with Crippen molar-refractivity contribution in [1.29, 1.82) is 0 Å². The minimum Gasteiger partial charge on any atom is -0.495 e. The van der Waals surface area contributed by atoms with Crippen molar-refractivity contribution in [3.05, 3.63) is 46.4 Å². The number of carbonyl (C=O) groups is 1. The smallest absolute Gasteiger partial charge is 0.407 e. The Labute approximate surface area is 380 Å². The maximum absolute atomic E-state index is 11.9. The second-order valence-corrected chi connectivity index (χ2v) is 17.1. The zero-order valence-electron chi connectivity index (χ0n) is 37.1. The fourth-order valence-corrected chi connectivity index (χ4v) is 7.46. The lowest BCUT2D eigenvalue weighted by atomic mass is 10.1. The van der Waals surface area contributed by atoms with Gasteiger partial charge in [-0.15, -0.1) is 0 Å². The minimum absolute atomic E-state index is 0.324. The third kappa shape index (κ3) is 17.4. The molecule has 2 aliphatic rings. The number of nitrogens with zero attached hydrogens (tertiary/aromatic N) is 6. The van der Waals surface area contributed by atoms with Crippen LogP contribution in [0.5, 0.6) is 11.5 Å². The normalized spacial score (nSPS) is 14.7. The van der Waals surface area contributed by atoms with E-state index in [9.17, 15) is 4.79 Å². The zero-order chi connectivity index (χ0) is 45.0. The van der Waals surface area contributed by atoms with Gasteiger partial charge in [-0.1, -0.05) is 74.6 Å². The zero-order valence-corrected chi connectivity index (χ0v) is 38.6. The van der Waals surface area contributed by atoms with E-state index in [0.29, 0.717) is 95.5 Å². The lowest BCUT2D eigenvalue weighted by molar-refractivity contribution is 0.0530. The van der Waals surface area contributed by atoms with E-state index in [0.717, 1.165) is 37.1 Å². The first-order valence-corrected chi connectivity index (χ1v) is 22.6. The summed E-state index contributed by atoms with van der Waals surface area (Å²) in [7, 11) is 3.16. The van der Waals surface area contributed by atoms with Crippen molar-refractivity contribution >= 4 is 76.4 Å². The van der Waals surface area contributed by atoms with Gasteiger partial charge in [0.2, 0.25) is 35.7 Å². The number of ether oxygens (including phenoxy) is 3. The molecule has 1 amide bonds. The molecule has 6 rings (SSSR count). The Morgan fingerprint density at radius 1 is 0.619 bits per heavy atom. The Morgan fingerprint density at radius 2 is 1.03 bits per heavy atom. The van der Waals surface area contributed by atoms with Gasteiger partial charge in [-0.05, 0) is 82.9 Å². The van der Waals surface area contributed by atoms with Gasteiger partial charge in [0.25, 0.3) is 0 Å². The van der Waals surface area contributed by atoms with Crippen LogP contribution in [0.4, 0.5) is 51.9 Å². The number of carbonyl (C=O) groups excluding carboxylic acids is 1. The van der Waals surface area contributed by atoms with Crippen LogP contribution in [0, 0.1) is 0 Å². The molecule has 9 N–H and O–H groups in total. The van der Waals surface area contributed by atoms with E-state index in [1.54, 1.807) is 38.5 Å². The number of amides is 1. The van der Waals surface area contributed by atoms with Gasteiger partial charge in [0.1, 0.15) is 17.1 Å². The average molecular weight is 912 g/mol. The Hall–Kier alpha value is -5.33. The molecule has 0 saturated heterocycles. The van der Waals surface area contributed by atoms with E-state index in [4.69, 9.17) is 43.1 Å². The molecule has 0 atom stereocenters. The van der Waals surface area contributed by atoms with E-state index in [1.165, 1.54) is 51.4 Å². The van der Waals surface area contributed by atoms with Crippen molar-refractivity contribution in [2.45, 2.75) is 116 Å². The third-order valence-electron chi connectivity index (χ3n) is 9.97. The third-order valence-corrected chi connectivity index (χ3v) is 10.6. The number of methoxy groups -OCH3 is 2. The summed E-state index contributed by atoms with van der Waals surface area (Å²) in [5, 5.41) is 23.3. The molecular formula is C43H64Cl2N14O4. The number of anilines is 8. The van der Waals surface area contributed by atoms with Crippen LogP contribution in [0.15, 0.2) is 36.4 Å². The van der Waals surface area contributed by atoms with Crippen molar-refractivity contribution in [2.24, 2.45) is 5.73 Å². The van der Waals surface area contributed by atoms with Crippen LogP contribution in [-0.4, -0.2) is 94.1 Å². The monoisotopic (exact) mass is 910 g/mol. The lowest BCUT2D eigenvalue weighted by Crippen LogP contribution is -2.35. The second-order valence-electron chi connectivity index (χ2n) is 16.3. The van der Waals surface area contributed by atoms with Crippen molar-refractivity contribution in [2.75, 3.05) is 72.3 Å². The number of benzene rings is 2. The average Bonchev–Trinajstić information content (AvgIpc) is 3.66. The predicted octanol–water partition coefficient (Wildman–Crippen LogP) is 9.13. The number of aromatic nitrogens is 6. The van der Waals surface area contributed by atoms with Gasteiger partial charge in [0.15, 0.2) is 0 Å². The van der Waals surface area contributed by atoms with Gasteiger partial charge < -0.3 is 57.2 Å². The fraction of sp³-hybridized carbons (Fsp3) is 0.558. The summed E-state index contributed by atoms with van der Waals surface area (Å²) in [6.07, 6.45) is 13.9. The number of nitrogens with one attached hydrogen (secondary N) is 7. The SMILES string of the molecule is COc1ccc(Nc2nc(NCCN)nc(NC3CCCCCC3)n2)cc1Cl.COc1ccc(Nc2nc(NCCNC(=O)OC(C)(C)C)nc(NC3CCCCCC3)n2)cc1Cl. The summed E-state index contributed by atoms with van der Waals surface area (Å²) in [5.41, 5.74) is 6.54. The summed E-state index contributed by atoms with van der Waals surface area (Å²) in [6.45, 7) is 7.31. The lowest BCUT2D eigenvalue weighted by Gasteiger charge is -2.20. The van der Waals surface area contributed by atoms with E-state index in [2.05, 4.69) is 67.1 Å². The van der Waals surface area contributed by atoms with Crippen molar-refractivity contribution in [3.63, 3.8) is 0 Å². The van der Waals surface area contributed by atoms with Crippen LogP contribution in [0.3, 0.4) is 0 Å². The first-order valence-electron chi connectivity index (χ1n) is 21.8. The quantitative estimate of drug-likeness (QED) is 0.0364. The topological polar surface area (TPSA) is 232 Å². The number of rotatable bonds is 17. The first-order chi connectivity index (χ1) is 30.4. The van der Waals surface area contributed by atoms with E-state index >= 15 is 0 Å². The maximum atomic E-state index is 11.9. The van der Waals surface area contributed by atoms with Crippen molar-refractivity contribution in [1.82, 2.24) is 35.2 Å². The van der Waals surface area contributed by atoms with Crippen molar-refractivity contribution in [3.8, 4) is 11.5 Å². The molecule has 344 valence electrons. The highest BCUT2D eigenvalue weighted by Crippen LogP contribution is 2.30. The highest BCUT2D eigenvalue weighted by molar-refractivity contribution is 6.32. The number of hydrogen-bond acceptors (Lipinski definition) is 17. The summed E-state index contributed by atoms with van der Waals surface area (Å²) >= 11 is 12.5. The summed E-state index contributed by atoms with van der Waals surface area (Å²) in [6, 6.07) is 11.5. The molecule has 20 heteroatoms. The second kappa shape index (κ2) is 25.1. The van der Waals surface area contributed by atoms with Gasteiger partial charge in [-0.3, -0.25) is 0 Å². The molecule has 0 unspecified atom stereocenters. The molecule has 4 aromatic rings. The molecule has 2 aliphatic carbocycles. The Bertz CT molecular complexity index is 2030. The predicted molar refractivity (Wildman–Crippen MR) is 253 cm³/mol. The molecule has 63 heavy (non-hydrogen) atoms. The summed E-state index contributed by atoms with van der Waals surface area (Å²) in [4.78, 5) is 38.9. The highest BCUT2D eigenvalue weighted by Gasteiger charge is 2.18. The molecule has 0 bridgehead atoms. The van der Waals surface area contributed by atoms with Crippen LogP contribution < -0.4 is 52.4 Å². The van der Waals surface area contributed by atoms with Gasteiger partial charge in [-0.25, -0.2) is 4.79 Å². The first kappa shape index (κ1) is 48.7. The number of hydrogen-bond donors (Lipinski definition) is 8. The molecule has 18 nitrogen and oxygen atoms in total. The number of halogens is 2. The van der Waals surface area contributed by atoms with Crippen LogP contribution in [0.25, 0.3) is 0 Å². The standard InChI is InChI=1S/C24H36ClN7O3.C19H28ClN7O/c1-24(2,3)35-23(33)27-14-13-26-20-30-21(28-16-9-7-5-6-8-10-16)32-22(31-20)29-17-11-12-19(34-4)18(25)15-17;1-28-16-9-8-14(12-15(16)20)24-19-26-17(22-11-10-21)25-18(27-19)23-13-6-4-2-3-5-7-13/h11-12,15-16H,5-10,13-14H2,1-4H3,(H,27,33)(H3,26,28,29,30,31,32);8-9,12-13H,2-7,10-11,21H2,1H3,(H3,22,23,24,25,26,27). The van der Waals surface area contributed by atoms with E-state index in [-0.39, 0.29) is 0 Å². The van der Waals surface area contributed by atoms with Crippen LogP contribution in [0.2, 0.25) is 10.0 Å². The number of alkyl carbamates (subject to hydrolysis) is 1. The molecule has 2 saturated carbocycles.